The minimum Gasteiger partial charge on any atom is -0.377 e. The van der Waals surface area contributed by atoms with Crippen molar-refractivity contribution >= 4 is 0 Å². The summed E-state index contributed by atoms with van der Waals surface area (Å²) in [5.41, 5.74) is 7.41. The Labute approximate surface area is 116 Å². The van der Waals surface area contributed by atoms with E-state index in [1.165, 1.54) is 18.4 Å². The van der Waals surface area contributed by atoms with E-state index in [0.29, 0.717) is 6.10 Å². The number of likely N-dealkylation sites (tertiary alicyclic amines) is 1. The monoisotopic (exact) mass is 262 g/mol. The number of piperidine rings is 1. The van der Waals surface area contributed by atoms with Gasteiger partial charge in [-0.1, -0.05) is 30.3 Å². The van der Waals surface area contributed by atoms with E-state index in [2.05, 4.69) is 43.0 Å². The molecule has 106 valence electrons. The lowest BCUT2D eigenvalue weighted by molar-refractivity contribution is 0.000641. The van der Waals surface area contributed by atoms with Gasteiger partial charge in [0, 0.05) is 19.7 Å². The lowest BCUT2D eigenvalue weighted by Gasteiger charge is -2.38. The summed E-state index contributed by atoms with van der Waals surface area (Å²) in [7, 11) is 0. The molecule has 2 N–H and O–H groups in total. The molecule has 1 aliphatic heterocycles. The van der Waals surface area contributed by atoms with E-state index >= 15 is 0 Å². The molecule has 1 heterocycles. The molecule has 0 saturated carbocycles. The third kappa shape index (κ3) is 4.03. The van der Waals surface area contributed by atoms with E-state index < -0.39 is 0 Å². The van der Waals surface area contributed by atoms with Crippen molar-refractivity contribution in [3.05, 3.63) is 35.9 Å². The maximum Gasteiger partial charge on any atom is 0.0702 e. The second-order valence-corrected chi connectivity index (χ2v) is 5.74. The van der Waals surface area contributed by atoms with E-state index in [9.17, 15) is 0 Å². The average Bonchev–Trinajstić information content (AvgIpc) is 2.40. The Morgan fingerprint density at radius 3 is 2.79 bits per heavy atom. The molecule has 2 rings (SSSR count). The van der Waals surface area contributed by atoms with Gasteiger partial charge < -0.3 is 10.5 Å². The van der Waals surface area contributed by atoms with E-state index in [1.807, 2.05) is 6.07 Å². The number of rotatable bonds is 5. The molecule has 1 aromatic carbocycles. The first kappa shape index (κ1) is 14.5. The fourth-order valence-corrected chi connectivity index (χ4v) is 2.90. The van der Waals surface area contributed by atoms with Crippen LogP contribution in [0.1, 0.15) is 32.3 Å². The SMILES string of the molecule is CCOC1CCCN(CC(C)(N)c2ccccc2)C1. The van der Waals surface area contributed by atoms with Gasteiger partial charge in [-0.15, -0.1) is 0 Å². The van der Waals surface area contributed by atoms with Crippen LogP contribution in [0.3, 0.4) is 0 Å². The highest BCUT2D eigenvalue weighted by Crippen LogP contribution is 2.21. The topological polar surface area (TPSA) is 38.5 Å². The molecule has 0 bridgehead atoms. The van der Waals surface area contributed by atoms with Gasteiger partial charge >= 0.3 is 0 Å². The maximum absolute atomic E-state index is 6.51. The number of hydrogen-bond donors (Lipinski definition) is 1. The first-order chi connectivity index (χ1) is 9.12. The number of benzene rings is 1. The zero-order chi connectivity index (χ0) is 13.7. The van der Waals surface area contributed by atoms with Crippen molar-refractivity contribution in [2.75, 3.05) is 26.2 Å². The maximum atomic E-state index is 6.51. The van der Waals surface area contributed by atoms with Gasteiger partial charge in [-0.2, -0.15) is 0 Å². The third-order valence-corrected chi connectivity index (χ3v) is 3.85. The van der Waals surface area contributed by atoms with Crippen LogP contribution in [0.25, 0.3) is 0 Å². The summed E-state index contributed by atoms with van der Waals surface area (Å²) < 4.78 is 5.75. The Kier molecular flexibility index (Phi) is 4.97. The summed E-state index contributed by atoms with van der Waals surface area (Å²) in [4.78, 5) is 2.44. The van der Waals surface area contributed by atoms with Gasteiger partial charge in [0.15, 0.2) is 0 Å². The molecule has 1 aliphatic rings. The molecule has 3 nitrogen and oxygen atoms in total. The van der Waals surface area contributed by atoms with Crippen LogP contribution in [0.15, 0.2) is 30.3 Å². The first-order valence-electron chi connectivity index (χ1n) is 7.30. The molecule has 3 heteroatoms. The third-order valence-electron chi connectivity index (χ3n) is 3.85. The van der Waals surface area contributed by atoms with Crippen molar-refractivity contribution in [3.63, 3.8) is 0 Å². The number of ether oxygens (including phenoxy) is 1. The Balaban J connectivity index is 1.96. The normalized spacial score (nSPS) is 24.1. The van der Waals surface area contributed by atoms with Crippen LogP contribution in [-0.2, 0) is 10.3 Å². The molecule has 0 radical (unpaired) electrons. The van der Waals surface area contributed by atoms with Gasteiger partial charge in [0.05, 0.1) is 11.6 Å². The fourth-order valence-electron chi connectivity index (χ4n) is 2.90. The fraction of sp³-hybridized carbons (Fsp3) is 0.625. The van der Waals surface area contributed by atoms with Gasteiger partial charge in [0.25, 0.3) is 0 Å². The van der Waals surface area contributed by atoms with Crippen molar-refractivity contribution in [1.29, 1.82) is 0 Å². The molecule has 0 aliphatic carbocycles. The Morgan fingerprint density at radius 2 is 2.11 bits per heavy atom. The summed E-state index contributed by atoms with van der Waals surface area (Å²) in [5.74, 6) is 0. The second-order valence-electron chi connectivity index (χ2n) is 5.74. The van der Waals surface area contributed by atoms with E-state index in [1.54, 1.807) is 0 Å². The van der Waals surface area contributed by atoms with Crippen LogP contribution in [0.4, 0.5) is 0 Å². The van der Waals surface area contributed by atoms with Crippen LogP contribution in [0, 0.1) is 0 Å². The van der Waals surface area contributed by atoms with Crippen molar-refractivity contribution in [2.45, 2.75) is 38.3 Å². The van der Waals surface area contributed by atoms with Crippen molar-refractivity contribution < 1.29 is 4.74 Å². The Hall–Kier alpha value is -0.900. The molecule has 1 aromatic rings. The first-order valence-corrected chi connectivity index (χ1v) is 7.30. The molecule has 0 spiro atoms. The quantitative estimate of drug-likeness (QED) is 0.885. The smallest absolute Gasteiger partial charge is 0.0702 e. The van der Waals surface area contributed by atoms with Crippen LogP contribution < -0.4 is 5.73 Å². The standard InChI is InChI=1S/C16H26N2O/c1-3-19-15-10-7-11-18(12-15)13-16(2,17)14-8-5-4-6-9-14/h4-6,8-9,15H,3,7,10-13,17H2,1-2H3. The molecule has 2 atom stereocenters. The summed E-state index contributed by atoms with van der Waals surface area (Å²) >= 11 is 0. The van der Waals surface area contributed by atoms with Gasteiger partial charge in [0.1, 0.15) is 0 Å². The minimum absolute atomic E-state index is 0.296. The molecular formula is C16H26N2O. The minimum atomic E-state index is -0.296. The van der Waals surface area contributed by atoms with Gasteiger partial charge in [-0.05, 0) is 38.8 Å². The zero-order valence-corrected chi connectivity index (χ0v) is 12.1. The van der Waals surface area contributed by atoms with Crippen LogP contribution in [0.5, 0.6) is 0 Å². The summed E-state index contributed by atoms with van der Waals surface area (Å²) in [6.07, 6.45) is 2.76. The van der Waals surface area contributed by atoms with Gasteiger partial charge in [-0.25, -0.2) is 0 Å². The Morgan fingerprint density at radius 1 is 1.37 bits per heavy atom. The van der Waals surface area contributed by atoms with Crippen LogP contribution >= 0.6 is 0 Å². The lowest BCUT2D eigenvalue weighted by Crippen LogP contribution is -2.50. The van der Waals surface area contributed by atoms with Crippen molar-refractivity contribution in [1.82, 2.24) is 4.90 Å². The predicted octanol–water partition coefficient (Wildman–Crippen LogP) is 2.36. The van der Waals surface area contributed by atoms with E-state index in [-0.39, 0.29) is 5.54 Å². The van der Waals surface area contributed by atoms with Crippen LogP contribution in [-0.4, -0.2) is 37.2 Å². The van der Waals surface area contributed by atoms with Gasteiger partial charge in [-0.3, -0.25) is 4.90 Å². The van der Waals surface area contributed by atoms with Crippen molar-refractivity contribution in [3.8, 4) is 0 Å². The summed E-state index contributed by atoms with van der Waals surface area (Å²) in [5, 5.41) is 0. The average molecular weight is 262 g/mol. The Bertz CT molecular complexity index is 376. The lowest BCUT2D eigenvalue weighted by atomic mass is 9.91. The molecule has 1 saturated heterocycles. The van der Waals surface area contributed by atoms with E-state index in [0.717, 1.165) is 26.2 Å². The highest BCUT2D eigenvalue weighted by molar-refractivity contribution is 5.23. The predicted molar refractivity (Wildman–Crippen MR) is 79.1 cm³/mol. The summed E-state index contributed by atoms with van der Waals surface area (Å²) in [6, 6.07) is 10.4. The highest BCUT2D eigenvalue weighted by Gasteiger charge is 2.28. The number of nitrogens with zero attached hydrogens (tertiary/aromatic N) is 1. The van der Waals surface area contributed by atoms with Crippen molar-refractivity contribution in [2.24, 2.45) is 5.73 Å². The highest BCUT2D eigenvalue weighted by atomic mass is 16.5. The largest absolute Gasteiger partial charge is 0.377 e. The zero-order valence-electron chi connectivity index (χ0n) is 12.1. The molecule has 0 aromatic heterocycles. The molecule has 19 heavy (non-hydrogen) atoms. The number of nitrogens with two attached hydrogens (primary N) is 1. The molecular weight excluding hydrogens is 236 g/mol. The van der Waals surface area contributed by atoms with Gasteiger partial charge in [0.2, 0.25) is 0 Å². The molecule has 0 amide bonds. The van der Waals surface area contributed by atoms with E-state index in [4.69, 9.17) is 10.5 Å². The number of hydrogen-bond acceptors (Lipinski definition) is 3. The second kappa shape index (κ2) is 6.51. The molecule has 1 fully saturated rings. The molecule has 2 unspecified atom stereocenters. The summed E-state index contributed by atoms with van der Waals surface area (Å²) in [6.45, 7) is 8.01. The van der Waals surface area contributed by atoms with Crippen LogP contribution in [0.2, 0.25) is 0 Å².